The van der Waals surface area contributed by atoms with Crippen LogP contribution in [0.3, 0.4) is 0 Å². The van der Waals surface area contributed by atoms with Crippen molar-refractivity contribution >= 4 is 14.3 Å². The molecule has 3 saturated heterocycles. The van der Waals surface area contributed by atoms with E-state index in [2.05, 4.69) is 62.3 Å². The molecular weight excluding hydrogens is 600 g/mol. The van der Waals surface area contributed by atoms with Crippen LogP contribution in [0.25, 0.3) is 0 Å². The average Bonchev–Trinajstić information content (AvgIpc) is 3.38. The van der Waals surface area contributed by atoms with Crippen molar-refractivity contribution in [1.82, 2.24) is 0 Å². The van der Waals surface area contributed by atoms with Crippen molar-refractivity contribution in [2.45, 2.75) is 199 Å². The third kappa shape index (κ3) is 6.95. The first-order chi connectivity index (χ1) is 21.7. The number of esters is 1. The molecule has 8 nitrogen and oxygen atoms in total. The molecule has 9 heteroatoms. The van der Waals surface area contributed by atoms with Crippen molar-refractivity contribution in [2.24, 2.45) is 17.8 Å². The Bertz CT molecular complexity index is 1060. The van der Waals surface area contributed by atoms with E-state index in [-0.39, 0.29) is 47.6 Å². The molecule has 0 bridgehead atoms. The Morgan fingerprint density at radius 1 is 1.00 bits per heavy atom. The highest BCUT2D eigenvalue weighted by molar-refractivity contribution is 6.73. The molecule has 4 rings (SSSR count). The van der Waals surface area contributed by atoms with E-state index in [1.807, 2.05) is 19.1 Å². The maximum Gasteiger partial charge on any atom is 0.303 e. The van der Waals surface area contributed by atoms with Crippen molar-refractivity contribution in [3.63, 3.8) is 0 Å². The largest absolute Gasteiger partial charge is 0.453 e. The maximum absolute atomic E-state index is 12.4. The van der Waals surface area contributed by atoms with Gasteiger partial charge in [-0.05, 0) is 95.0 Å². The van der Waals surface area contributed by atoms with Gasteiger partial charge in [-0.25, -0.2) is 0 Å². The van der Waals surface area contributed by atoms with Crippen LogP contribution < -0.4 is 0 Å². The molecule has 0 radical (unpaired) electrons. The Hall–Kier alpha value is -0.813. The maximum atomic E-state index is 12.4. The summed E-state index contributed by atoms with van der Waals surface area (Å²) < 4.78 is 41.2. The number of hydrogen-bond donors (Lipinski definition) is 1. The molecule has 0 amide bonds. The van der Waals surface area contributed by atoms with Crippen LogP contribution in [0.4, 0.5) is 0 Å². The molecule has 4 aliphatic rings. The van der Waals surface area contributed by atoms with Crippen LogP contribution in [-0.4, -0.2) is 72.7 Å². The van der Waals surface area contributed by atoms with E-state index in [1.54, 1.807) is 0 Å². The van der Waals surface area contributed by atoms with Crippen molar-refractivity contribution in [1.29, 1.82) is 0 Å². The quantitative estimate of drug-likeness (QED) is 0.127. The zero-order valence-electron chi connectivity index (χ0n) is 30.9. The minimum absolute atomic E-state index is 0.00798. The molecule has 12 atom stereocenters. The number of carbonyl (C=O) groups excluding carboxylic acids is 1. The molecule has 1 unspecified atom stereocenters. The van der Waals surface area contributed by atoms with Crippen LogP contribution in [0.5, 0.6) is 0 Å². The minimum atomic E-state index is -1.85. The van der Waals surface area contributed by atoms with Gasteiger partial charge in [-0.15, -0.1) is 0 Å². The fourth-order valence-electron chi connectivity index (χ4n) is 9.16. The Morgan fingerprint density at radius 3 is 2.22 bits per heavy atom. The van der Waals surface area contributed by atoms with E-state index in [9.17, 15) is 9.90 Å². The molecule has 1 N–H and O–H groups in total. The summed E-state index contributed by atoms with van der Waals surface area (Å²) in [5.41, 5.74) is -0.940. The van der Waals surface area contributed by atoms with Crippen LogP contribution in [0.15, 0.2) is 12.2 Å². The number of hydrogen-bond acceptors (Lipinski definition) is 8. The summed E-state index contributed by atoms with van der Waals surface area (Å²) in [6.07, 6.45) is 8.57. The molecule has 0 aromatic carbocycles. The average molecular weight is 667 g/mol. The standard InChI is InChI=1S/C37H66O8Si/c1-12-29(30(39)13-2)33-25(7)24-26(8)36(42-33)21-19-32(41-28(10)38)37(44-36)23-22-34(11,43-37)31-18-20-35(14-3,27(9)40-31)45-46(15-4,16-5)17-6/h19,21,25-27,29-33,39H,12-18,20,22-24H2,1-11H3/t25-,26+,27-,29-,30?,31+,32+,33-,34-,35+,36+,37+/m0/s1. The van der Waals surface area contributed by atoms with Gasteiger partial charge in [0.1, 0.15) is 0 Å². The van der Waals surface area contributed by atoms with E-state index in [1.165, 1.54) is 6.92 Å². The topological polar surface area (TPSA) is 92.7 Å². The summed E-state index contributed by atoms with van der Waals surface area (Å²) in [5, 5.41) is 10.9. The lowest BCUT2D eigenvalue weighted by molar-refractivity contribution is -0.410. The van der Waals surface area contributed by atoms with Gasteiger partial charge in [0.15, 0.2) is 20.2 Å². The molecule has 0 saturated carbocycles. The lowest BCUT2D eigenvalue weighted by atomic mass is 9.75. The summed E-state index contributed by atoms with van der Waals surface area (Å²) in [5.74, 6) is -2.36. The second kappa shape index (κ2) is 14.6. The van der Waals surface area contributed by atoms with E-state index >= 15 is 0 Å². The van der Waals surface area contributed by atoms with Crippen LogP contribution in [0, 0.1) is 17.8 Å². The zero-order chi connectivity index (χ0) is 34.1. The van der Waals surface area contributed by atoms with Crippen LogP contribution in [0.1, 0.15) is 128 Å². The van der Waals surface area contributed by atoms with Gasteiger partial charge in [-0.3, -0.25) is 4.79 Å². The molecule has 4 aliphatic heterocycles. The normalized spacial score (nSPS) is 42.8. The Morgan fingerprint density at radius 2 is 1.67 bits per heavy atom. The van der Waals surface area contributed by atoms with Gasteiger partial charge in [-0.1, -0.05) is 55.4 Å². The van der Waals surface area contributed by atoms with Gasteiger partial charge in [0.05, 0.1) is 35.6 Å². The van der Waals surface area contributed by atoms with Gasteiger partial charge in [0, 0.05) is 25.2 Å². The highest BCUT2D eigenvalue weighted by atomic mass is 28.4. The first-order valence-corrected chi connectivity index (χ1v) is 21.2. The Balaban J connectivity index is 1.61. The first kappa shape index (κ1) is 38.0. The van der Waals surface area contributed by atoms with Crippen molar-refractivity contribution in [2.75, 3.05) is 0 Å². The van der Waals surface area contributed by atoms with Crippen molar-refractivity contribution < 1.29 is 38.0 Å². The predicted molar refractivity (Wildman–Crippen MR) is 183 cm³/mol. The lowest BCUT2D eigenvalue weighted by Gasteiger charge is -2.55. The molecule has 4 heterocycles. The number of aliphatic hydroxyl groups excluding tert-OH is 1. The van der Waals surface area contributed by atoms with Gasteiger partial charge >= 0.3 is 5.97 Å². The Kier molecular flexibility index (Phi) is 12.0. The van der Waals surface area contributed by atoms with Crippen molar-refractivity contribution in [3.8, 4) is 0 Å². The molecule has 0 aromatic heterocycles. The molecule has 0 aliphatic carbocycles. The first-order valence-electron chi connectivity index (χ1n) is 18.6. The summed E-state index contributed by atoms with van der Waals surface area (Å²) in [4.78, 5) is 12.4. The Labute approximate surface area is 280 Å². The SMILES string of the molecule is CCC(O)[C@H](CC)[C@H]1O[C@@]2(C=C[C@@H](OC(C)=O)[C@@]3(CC[C@@](C)([C@H]4CC[C@@](CC)(O[Si](CC)(CC)CC)[C@H](C)O4)O3)O2)[C@H](C)C[C@@H]1C. The van der Waals surface area contributed by atoms with E-state index in [0.29, 0.717) is 19.3 Å². The van der Waals surface area contributed by atoms with Crippen LogP contribution in [0.2, 0.25) is 18.1 Å². The number of rotatable bonds is 12. The fraction of sp³-hybridized carbons (Fsp3) is 0.919. The third-order valence-corrected chi connectivity index (χ3v) is 17.3. The molecule has 266 valence electrons. The van der Waals surface area contributed by atoms with Crippen LogP contribution >= 0.6 is 0 Å². The van der Waals surface area contributed by atoms with Crippen LogP contribution in [-0.2, 0) is 32.9 Å². The molecule has 46 heavy (non-hydrogen) atoms. The van der Waals surface area contributed by atoms with E-state index < -0.39 is 37.7 Å². The summed E-state index contributed by atoms with van der Waals surface area (Å²) in [6, 6.07) is 3.34. The highest BCUT2D eigenvalue weighted by Crippen LogP contribution is 2.55. The van der Waals surface area contributed by atoms with Gasteiger partial charge < -0.3 is 33.2 Å². The van der Waals surface area contributed by atoms with Gasteiger partial charge in [0.2, 0.25) is 5.79 Å². The van der Waals surface area contributed by atoms with E-state index in [0.717, 1.165) is 50.2 Å². The minimum Gasteiger partial charge on any atom is -0.453 e. The second-order valence-electron chi connectivity index (χ2n) is 15.3. The summed E-state index contributed by atoms with van der Waals surface area (Å²) in [6.45, 7) is 23.3. The smallest absolute Gasteiger partial charge is 0.303 e. The molecule has 2 spiro atoms. The fourth-order valence-corrected chi connectivity index (χ4v) is 12.4. The summed E-state index contributed by atoms with van der Waals surface area (Å²) in [7, 11) is -1.85. The lowest BCUT2D eigenvalue weighted by Crippen LogP contribution is -2.63. The highest BCUT2D eigenvalue weighted by Gasteiger charge is 2.64. The molecular formula is C37H66O8Si. The van der Waals surface area contributed by atoms with E-state index in [4.69, 9.17) is 28.1 Å². The zero-order valence-corrected chi connectivity index (χ0v) is 31.9. The third-order valence-electron chi connectivity index (χ3n) is 12.6. The van der Waals surface area contributed by atoms with Gasteiger partial charge in [-0.2, -0.15) is 0 Å². The number of ether oxygens (including phenoxy) is 5. The monoisotopic (exact) mass is 666 g/mol. The molecule has 3 fully saturated rings. The number of carbonyl (C=O) groups is 1. The molecule has 0 aromatic rings. The van der Waals surface area contributed by atoms with Crippen molar-refractivity contribution in [3.05, 3.63) is 12.2 Å². The summed E-state index contributed by atoms with van der Waals surface area (Å²) >= 11 is 0. The second-order valence-corrected chi connectivity index (χ2v) is 19.9. The number of aliphatic hydroxyl groups is 1. The predicted octanol–water partition coefficient (Wildman–Crippen LogP) is 8.06. The van der Waals surface area contributed by atoms with Gasteiger partial charge in [0.25, 0.3) is 0 Å².